The van der Waals surface area contributed by atoms with Crippen molar-refractivity contribution >= 4 is 29.6 Å². The molecule has 0 aliphatic carbocycles. The molecule has 0 saturated carbocycles. The zero-order valence-electron chi connectivity index (χ0n) is 10.5. The Morgan fingerprint density at radius 1 is 0.947 bits per heavy atom. The van der Waals surface area contributed by atoms with Crippen LogP contribution < -0.4 is 0 Å². The van der Waals surface area contributed by atoms with Crippen molar-refractivity contribution in [2.75, 3.05) is 5.75 Å². The van der Waals surface area contributed by atoms with Crippen molar-refractivity contribution in [1.82, 2.24) is 4.98 Å². The van der Waals surface area contributed by atoms with Gasteiger partial charge < -0.3 is 4.98 Å². The second-order valence-electron chi connectivity index (χ2n) is 4.41. The fourth-order valence-corrected chi connectivity index (χ4v) is 2.45. The molecular weight excluding hydrogens is 250 g/mol. The third-order valence-electron chi connectivity index (χ3n) is 3.20. The van der Waals surface area contributed by atoms with Crippen LogP contribution in [-0.4, -0.2) is 10.7 Å². The summed E-state index contributed by atoms with van der Waals surface area (Å²) in [4.78, 5) is 3.51. The smallest absolute Gasteiger partial charge is 0.0538 e. The highest BCUT2D eigenvalue weighted by Gasteiger charge is 2.09. The predicted molar refractivity (Wildman–Crippen MR) is 86.6 cm³/mol. The number of thiol groups is 1. The van der Waals surface area contributed by atoms with Crippen LogP contribution in [0.15, 0.2) is 60.7 Å². The molecule has 0 aliphatic rings. The molecule has 3 rings (SSSR count). The van der Waals surface area contributed by atoms with Crippen molar-refractivity contribution in [3.63, 3.8) is 0 Å². The van der Waals surface area contributed by atoms with Crippen LogP contribution in [0, 0.1) is 0 Å². The molecule has 0 spiro atoms. The molecule has 19 heavy (non-hydrogen) atoms. The van der Waals surface area contributed by atoms with Crippen molar-refractivity contribution in [2.24, 2.45) is 0 Å². The van der Waals surface area contributed by atoms with Crippen LogP contribution >= 0.6 is 12.6 Å². The summed E-state index contributed by atoms with van der Waals surface area (Å²) < 4.78 is 0. The summed E-state index contributed by atoms with van der Waals surface area (Å²) in [7, 11) is 0. The molecule has 94 valence electrons. The lowest BCUT2D eigenvalue weighted by Gasteiger charge is -2.00. The van der Waals surface area contributed by atoms with Gasteiger partial charge in [0.2, 0.25) is 0 Å². The molecule has 0 radical (unpaired) electrons. The second kappa shape index (κ2) is 5.37. The van der Waals surface area contributed by atoms with Crippen LogP contribution in [0.25, 0.3) is 28.2 Å². The minimum atomic E-state index is 0.744. The van der Waals surface area contributed by atoms with Gasteiger partial charge in [0, 0.05) is 22.2 Å². The van der Waals surface area contributed by atoms with Gasteiger partial charge in [-0.3, -0.25) is 0 Å². The lowest BCUT2D eigenvalue weighted by atomic mass is 10.0. The maximum absolute atomic E-state index is 4.25. The Hall–Kier alpha value is -1.93. The first-order chi connectivity index (χ1) is 9.40. The van der Waals surface area contributed by atoms with Crippen LogP contribution in [0.5, 0.6) is 0 Å². The number of fused-ring (bicyclic) bond motifs is 1. The molecule has 0 aliphatic heterocycles. The third kappa shape index (κ3) is 2.32. The van der Waals surface area contributed by atoms with Gasteiger partial charge in [-0.2, -0.15) is 12.6 Å². The summed E-state index contributed by atoms with van der Waals surface area (Å²) in [5.41, 5.74) is 4.77. The fraction of sp³-hybridized carbons (Fsp3) is 0.0588. The maximum Gasteiger partial charge on any atom is 0.0538 e. The van der Waals surface area contributed by atoms with Gasteiger partial charge in [-0.05, 0) is 11.6 Å². The summed E-state index contributed by atoms with van der Waals surface area (Å²) >= 11 is 4.25. The molecule has 2 aromatic carbocycles. The lowest BCUT2D eigenvalue weighted by Crippen LogP contribution is -1.80. The highest BCUT2D eigenvalue weighted by molar-refractivity contribution is 7.80. The Bertz CT molecular complexity index is 710. The van der Waals surface area contributed by atoms with Crippen molar-refractivity contribution < 1.29 is 0 Å². The minimum absolute atomic E-state index is 0.744. The van der Waals surface area contributed by atoms with Gasteiger partial charge in [-0.1, -0.05) is 60.7 Å². The monoisotopic (exact) mass is 265 g/mol. The molecule has 0 amide bonds. The van der Waals surface area contributed by atoms with E-state index < -0.39 is 0 Å². The zero-order chi connectivity index (χ0) is 13.1. The minimum Gasteiger partial charge on any atom is -0.354 e. The number of benzene rings is 2. The van der Waals surface area contributed by atoms with Crippen LogP contribution in [0.2, 0.25) is 0 Å². The van der Waals surface area contributed by atoms with Gasteiger partial charge in [0.15, 0.2) is 0 Å². The van der Waals surface area contributed by atoms with E-state index in [1.54, 1.807) is 0 Å². The first-order valence-corrected chi connectivity index (χ1v) is 6.97. The van der Waals surface area contributed by atoms with Crippen molar-refractivity contribution in [1.29, 1.82) is 0 Å². The Morgan fingerprint density at radius 2 is 1.68 bits per heavy atom. The molecule has 1 aromatic heterocycles. The number of hydrogen-bond acceptors (Lipinski definition) is 1. The van der Waals surface area contributed by atoms with Crippen molar-refractivity contribution in [2.45, 2.75) is 0 Å². The first kappa shape index (κ1) is 12.1. The number of rotatable bonds is 3. The number of H-pyrrole nitrogens is 1. The standard InChI is InChI=1S/C17H15NS/c19-12-6-10-15-14-9-4-5-11-16(14)18-17(15)13-7-2-1-3-8-13/h1-11,18-19H,12H2. The average molecular weight is 265 g/mol. The number of aromatic amines is 1. The molecule has 0 atom stereocenters. The highest BCUT2D eigenvalue weighted by atomic mass is 32.1. The van der Waals surface area contributed by atoms with Gasteiger partial charge in [0.05, 0.1) is 5.69 Å². The summed E-state index contributed by atoms with van der Waals surface area (Å²) in [5, 5.41) is 1.25. The average Bonchev–Trinajstić information content (AvgIpc) is 2.85. The largest absolute Gasteiger partial charge is 0.354 e. The van der Waals surface area contributed by atoms with E-state index in [0.717, 1.165) is 5.75 Å². The number of aromatic nitrogens is 1. The van der Waals surface area contributed by atoms with E-state index in [-0.39, 0.29) is 0 Å². The van der Waals surface area contributed by atoms with Gasteiger partial charge in [0.1, 0.15) is 0 Å². The molecule has 2 heteroatoms. The predicted octanol–water partition coefficient (Wildman–Crippen LogP) is 4.78. The van der Waals surface area contributed by atoms with Crippen LogP contribution in [0.1, 0.15) is 5.56 Å². The summed E-state index contributed by atoms with van der Waals surface area (Å²) in [6.45, 7) is 0. The Kier molecular flexibility index (Phi) is 3.43. The summed E-state index contributed by atoms with van der Waals surface area (Å²) in [5.74, 6) is 0.744. The molecule has 1 heterocycles. The molecule has 0 fully saturated rings. The van der Waals surface area contributed by atoms with E-state index in [1.165, 1.54) is 27.7 Å². The molecule has 3 aromatic rings. The van der Waals surface area contributed by atoms with Crippen molar-refractivity contribution in [3.8, 4) is 11.3 Å². The van der Waals surface area contributed by atoms with E-state index in [1.807, 2.05) is 6.07 Å². The van der Waals surface area contributed by atoms with E-state index >= 15 is 0 Å². The van der Waals surface area contributed by atoms with Gasteiger partial charge in [-0.25, -0.2) is 0 Å². The first-order valence-electron chi connectivity index (χ1n) is 6.33. The van der Waals surface area contributed by atoms with Gasteiger partial charge in [0.25, 0.3) is 0 Å². The van der Waals surface area contributed by atoms with Crippen LogP contribution in [0.4, 0.5) is 0 Å². The van der Waals surface area contributed by atoms with E-state index in [0.29, 0.717) is 0 Å². The molecular formula is C17H15NS. The zero-order valence-corrected chi connectivity index (χ0v) is 11.4. The quantitative estimate of drug-likeness (QED) is 0.634. The molecule has 0 saturated heterocycles. The van der Waals surface area contributed by atoms with E-state index in [2.05, 4.69) is 78.3 Å². The number of para-hydroxylation sites is 1. The normalized spacial score (nSPS) is 11.4. The van der Waals surface area contributed by atoms with Crippen molar-refractivity contribution in [3.05, 3.63) is 66.2 Å². The molecule has 1 nitrogen and oxygen atoms in total. The molecule has 1 N–H and O–H groups in total. The third-order valence-corrected chi connectivity index (χ3v) is 3.41. The summed E-state index contributed by atoms with van der Waals surface area (Å²) in [6.07, 6.45) is 4.22. The number of nitrogens with one attached hydrogen (secondary N) is 1. The Labute approximate surface area is 118 Å². The lowest BCUT2D eigenvalue weighted by molar-refractivity contribution is 1.44. The topological polar surface area (TPSA) is 15.8 Å². The van der Waals surface area contributed by atoms with E-state index in [4.69, 9.17) is 0 Å². The Morgan fingerprint density at radius 3 is 2.47 bits per heavy atom. The fourth-order valence-electron chi connectivity index (χ4n) is 2.34. The second-order valence-corrected chi connectivity index (χ2v) is 4.78. The molecule has 0 bridgehead atoms. The van der Waals surface area contributed by atoms with Gasteiger partial charge in [-0.15, -0.1) is 0 Å². The molecule has 0 unspecified atom stereocenters. The Balaban J connectivity index is 2.26. The van der Waals surface area contributed by atoms with Crippen LogP contribution in [-0.2, 0) is 0 Å². The highest BCUT2D eigenvalue weighted by Crippen LogP contribution is 2.31. The summed E-state index contributed by atoms with van der Waals surface area (Å²) in [6, 6.07) is 18.8. The SMILES string of the molecule is SCC=Cc1c(-c2ccccc2)[nH]c2ccccc12. The van der Waals surface area contributed by atoms with Crippen LogP contribution in [0.3, 0.4) is 0 Å². The number of hydrogen-bond donors (Lipinski definition) is 2. The van der Waals surface area contributed by atoms with Gasteiger partial charge >= 0.3 is 0 Å². The maximum atomic E-state index is 4.25. The van der Waals surface area contributed by atoms with E-state index in [9.17, 15) is 0 Å².